The summed E-state index contributed by atoms with van der Waals surface area (Å²) in [7, 11) is 0. The van der Waals surface area contributed by atoms with Crippen LogP contribution in [-0.4, -0.2) is 27.3 Å². The van der Waals surface area contributed by atoms with Crippen LogP contribution in [0.2, 0.25) is 0 Å². The van der Waals surface area contributed by atoms with Crippen LogP contribution in [0.5, 0.6) is 0 Å². The van der Waals surface area contributed by atoms with Crippen LogP contribution >= 0.6 is 11.3 Å². The van der Waals surface area contributed by atoms with E-state index in [1.165, 1.54) is 4.88 Å². The monoisotopic (exact) mass is 337 g/mol. The van der Waals surface area contributed by atoms with E-state index >= 15 is 0 Å². The molecule has 3 aromatic rings. The molecule has 4 nitrogen and oxygen atoms in total. The third-order valence-corrected chi connectivity index (χ3v) is 5.68. The van der Waals surface area contributed by atoms with Gasteiger partial charge in [-0.15, -0.1) is 11.3 Å². The van der Waals surface area contributed by atoms with Crippen LogP contribution in [0.4, 0.5) is 0 Å². The molecule has 1 aliphatic rings. The number of fused-ring (bicyclic) bond motifs is 1. The fourth-order valence-corrected chi connectivity index (χ4v) is 4.19. The Balaban J connectivity index is 1.69. The van der Waals surface area contributed by atoms with E-state index in [1.807, 2.05) is 36.9 Å². The van der Waals surface area contributed by atoms with E-state index in [2.05, 4.69) is 27.5 Å². The molecule has 0 radical (unpaired) electrons. The van der Waals surface area contributed by atoms with Crippen molar-refractivity contribution in [3.05, 3.63) is 57.5 Å². The second-order valence-corrected chi connectivity index (χ2v) is 7.25. The van der Waals surface area contributed by atoms with Crippen LogP contribution in [0.3, 0.4) is 0 Å². The number of hydrogen-bond donors (Lipinski definition) is 0. The second kappa shape index (κ2) is 5.98. The van der Waals surface area contributed by atoms with Gasteiger partial charge in [0.25, 0.3) is 5.91 Å². The highest BCUT2D eigenvalue weighted by atomic mass is 32.1. The van der Waals surface area contributed by atoms with Crippen LogP contribution < -0.4 is 0 Å². The van der Waals surface area contributed by atoms with Gasteiger partial charge >= 0.3 is 0 Å². The molecule has 5 heteroatoms. The molecule has 0 bridgehead atoms. The summed E-state index contributed by atoms with van der Waals surface area (Å²) in [5.41, 5.74) is 4.16. The standard InChI is InChI=1S/C19H19N3OS/c1-12-13(2)21-16-11-14(7-8-15(16)20-12)19(23)22-9-3-5-17(22)18-6-4-10-24-18/h4,6-8,10-11,17H,3,5,9H2,1-2H3. The fraction of sp³-hybridized carbons (Fsp3) is 0.316. The lowest BCUT2D eigenvalue weighted by atomic mass is 10.1. The predicted molar refractivity (Wildman–Crippen MR) is 96.3 cm³/mol. The third-order valence-electron chi connectivity index (χ3n) is 4.71. The number of hydrogen-bond acceptors (Lipinski definition) is 4. The van der Waals surface area contributed by atoms with E-state index in [-0.39, 0.29) is 11.9 Å². The van der Waals surface area contributed by atoms with Crippen LogP contribution in [0, 0.1) is 13.8 Å². The lowest BCUT2D eigenvalue weighted by Crippen LogP contribution is -2.30. The smallest absolute Gasteiger partial charge is 0.254 e. The van der Waals surface area contributed by atoms with Gasteiger partial charge in [0.15, 0.2) is 0 Å². The van der Waals surface area contributed by atoms with Gasteiger partial charge in [-0.05, 0) is 56.3 Å². The van der Waals surface area contributed by atoms with Crippen LogP contribution in [-0.2, 0) is 0 Å². The zero-order valence-electron chi connectivity index (χ0n) is 13.8. The predicted octanol–water partition coefficient (Wildman–Crippen LogP) is 4.29. The Bertz CT molecular complexity index is 904. The first kappa shape index (κ1) is 15.3. The number of likely N-dealkylation sites (tertiary alicyclic amines) is 1. The SMILES string of the molecule is Cc1nc2ccc(C(=O)N3CCCC3c3cccs3)cc2nc1C. The van der Waals surface area contributed by atoms with E-state index in [9.17, 15) is 4.79 Å². The molecule has 1 atom stereocenters. The van der Waals surface area contributed by atoms with E-state index in [0.29, 0.717) is 5.56 Å². The molecule has 24 heavy (non-hydrogen) atoms. The highest BCUT2D eigenvalue weighted by Crippen LogP contribution is 2.35. The molecule has 0 spiro atoms. The molecule has 0 aliphatic carbocycles. The van der Waals surface area contributed by atoms with Crippen molar-refractivity contribution < 1.29 is 4.79 Å². The third kappa shape index (κ3) is 2.59. The number of carbonyl (C=O) groups is 1. The minimum Gasteiger partial charge on any atom is -0.331 e. The average Bonchev–Trinajstić information content (AvgIpc) is 3.25. The van der Waals surface area contributed by atoms with Crippen molar-refractivity contribution in [2.75, 3.05) is 6.54 Å². The van der Waals surface area contributed by atoms with Crippen molar-refractivity contribution in [1.29, 1.82) is 0 Å². The first-order valence-electron chi connectivity index (χ1n) is 8.23. The Morgan fingerprint density at radius 3 is 2.71 bits per heavy atom. The lowest BCUT2D eigenvalue weighted by molar-refractivity contribution is 0.0738. The van der Waals surface area contributed by atoms with Gasteiger partial charge in [-0.3, -0.25) is 4.79 Å². The van der Waals surface area contributed by atoms with Gasteiger partial charge in [0.05, 0.1) is 28.5 Å². The minimum atomic E-state index is 0.0906. The number of carbonyl (C=O) groups excluding carboxylic acids is 1. The van der Waals surface area contributed by atoms with Crippen LogP contribution in [0.1, 0.15) is 45.5 Å². The molecule has 0 saturated carbocycles. The summed E-state index contributed by atoms with van der Waals surface area (Å²) in [6.07, 6.45) is 2.10. The largest absolute Gasteiger partial charge is 0.331 e. The molecule has 1 amide bonds. The second-order valence-electron chi connectivity index (χ2n) is 6.27. The van der Waals surface area contributed by atoms with Crippen LogP contribution in [0.25, 0.3) is 11.0 Å². The van der Waals surface area contributed by atoms with E-state index in [4.69, 9.17) is 0 Å². The number of nitrogens with zero attached hydrogens (tertiary/aromatic N) is 3. The van der Waals surface area contributed by atoms with Gasteiger partial charge in [0, 0.05) is 17.0 Å². The Labute approximate surface area is 145 Å². The number of amides is 1. The number of benzene rings is 1. The zero-order valence-corrected chi connectivity index (χ0v) is 14.6. The molecule has 0 N–H and O–H groups in total. The number of thiophene rings is 1. The summed E-state index contributed by atoms with van der Waals surface area (Å²) in [5.74, 6) is 0.0906. The van der Waals surface area contributed by atoms with Gasteiger partial charge < -0.3 is 4.90 Å². The fourth-order valence-electron chi connectivity index (χ4n) is 3.32. The Morgan fingerprint density at radius 2 is 1.96 bits per heavy atom. The Hall–Kier alpha value is -2.27. The molecule has 1 saturated heterocycles. The van der Waals surface area contributed by atoms with Gasteiger partial charge in [0.2, 0.25) is 0 Å². The highest BCUT2D eigenvalue weighted by molar-refractivity contribution is 7.10. The molecule has 4 rings (SSSR count). The maximum Gasteiger partial charge on any atom is 0.254 e. The first-order valence-corrected chi connectivity index (χ1v) is 9.11. The van der Waals surface area contributed by atoms with Crippen molar-refractivity contribution >= 4 is 28.3 Å². The van der Waals surface area contributed by atoms with Gasteiger partial charge in [-0.25, -0.2) is 9.97 Å². The van der Waals surface area contributed by atoms with Crippen LogP contribution in [0.15, 0.2) is 35.7 Å². The van der Waals surface area contributed by atoms with Crippen molar-refractivity contribution in [2.45, 2.75) is 32.7 Å². The molecule has 122 valence electrons. The zero-order chi connectivity index (χ0) is 16.7. The maximum absolute atomic E-state index is 13.0. The van der Waals surface area contributed by atoms with Gasteiger partial charge in [-0.2, -0.15) is 0 Å². The number of rotatable bonds is 2. The van der Waals surface area contributed by atoms with E-state index in [1.54, 1.807) is 11.3 Å². The van der Waals surface area contributed by atoms with Crippen molar-refractivity contribution in [3.63, 3.8) is 0 Å². The summed E-state index contributed by atoms with van der Waals surface area (Å²) in [4.78, 5) is 25.4. The Morgan fingerprint density at radius 1 is 1.17 bits per heavy atom. The molecular weight excluding hydrogens is 318 g/mol. The quantitative estimate of drug-likeness (QED) is 0.701. The van der Waals surface area contributed by atoms with E-state index < -0.39 is 0 Å². The number of aryl methyl sites for hydroxylation is 2. The van der Waals surface area contributed by atoms with Crippen molar-refractivity contribution in [1.82, 2.24) is 14.9 Å². The molecule has 1 aromatic carbocycles. The molecule has 1 unspecified atom stereocenters. The summed E-state index contributed by atoms with van der Waals surface area (Å²) in [5, 5.41) is 2.08. The minimum absolute atomic E-state index is 0.0906. The highest BCUT2D eigenvalue weighted by Gasteiger charge is 2.31. The molecule has 2 aromatic heterocycles. The molecule has 1 fully saturated rings. The summed E-state index contributed by atoms with van der Waals surface area (Å²) in [6, 6.07) is 10.0. The number of aromatic nitrogens is 2. The topological polar surface area (TPSA) is 46.1 Å². The lowest BCUT2D eigenvalue weighted by Gasteiger charge is -2.24. The molecular formula is C19H19N3OS. The Kier molecular flexibility index (Phi) is 3.81. The maximum atomic E-state index is 13.0. The normalized spacial score (nSPS) is 17.6. The average molecular weight is 337 g/mol. The van der Waals surface area contributed by atoms with E-state index in [0.717, 1.165) is 41.8 Å². The molecule has 3 heterocycles. The molecule has 1 aliphatic heterocycles. The first-order chi connectivity index (χ1) is 11.6. The summed E-state index contributed by atoms with van der Waals surface area (Å²) >= 11 is 1.73. The summed E-state index contributed by atoms with van der Waals surface area (Å²) in [6.45, 7) is 4.72. The van der Waals surface area contributed by atoms with Gasteiger partial charge in [-0.1, -0.05) is 6.07 Å². The van der Waals surface area contributed by atoms with Gasteiger partial charge in [0.1, 0.15) is 0 Å². The summed E-state index contributed by atoms with van der Waals surface area (Å²) < 4.78 is 0. The van der Waals surface area contributed by atoms with Crippen molar-refractivity contribution in [2.24, 2.45) is 0 Å². The van der Waals surface area contributed by atoms with Crippen molar-refractivity contribution in [3.8, 4) is 0 Å².